The van der Waals surface area contributed by atoms with Crippen molar-refractivity contribution in [2.45, 2.75) is 214 Å². The van der Waals surface area contributed by atoms with Crippen LogP contribution in [0.2, 0.25) is 0 Å². The van der Waals surface area contributed by atoms with E-state index in [1.165, 1.54) is 88.5 Å². The van der Waals surface area contributed by atoms with Gasteiger partial charge in [-0.3, -0.25) is 40.9 Å². The van der Waals surface area contributed by atoms with E-state index in [1.807, 2.05) is 12.1 Å². The molecule has 0 bridgehead atoms. The van der Waals surface area contributed by atoms with Crippen molar-refractivity contribution in [3.8, 4) is 23.0 Å². The van der Waals surface area contributed by atoms with E-state index in [2.05, 4.69) is 49.4 Å². The largest absolute Gasteiger partial charge is 0.507 e. The molecular weight excluding hydrogens is 917 g/mol. The second-order valence-electron chi connectivity index (χ2n) is 20.1. The van der Waals surface area contributed by atoms with Crippen molar-refractivity contribution < 1.29 is 39.6 Å². The lowest BCUT2D eigenvalue weighted by atomic mass is 9.96. The third kappa shape index (κ3) is 20.8. The molecule has 4 aromatic rings. The zero-order chi connectivity index (χ0) is 52.8. The quantitative estimate of drug-likeness (QED) is 0.0167. The summed E-state index contributed by atoms with van der Waals surface area (Å²) in [7, 11) is 0. The molecule has 73 heavy (non-hydrogen) atoms. The van der Waals surface area contributed by atoms with Crippen LogP contribution in [0.15, 0.2) is 60.7 Å². The summed E-state index contributed by atoms with van der Waals surface area (Å²) >= 11 is 0. The number of hydrazine groups is 2. The number of unbranched alkanes of at least 4 members (excludes halogenated alkanes) is 20. The Labute approximate surface area is 436 Å². The Morgan fingerprint density at radius 2 is 0.603 bits per heavy atom. The summed E-state index contributed by atoms with van der Waals surface area (Å²) in [5.41, 5.74) is 14.1. The Hall–Kier alpha value is -6.04. The van der Waals surface area contributed by atoms with Crippen molar-refractivity contribution in [3.63, 3.8) is 0 Å². The average molecular weight is 1010 g/mol. The predicted molar refractivity (Wildman–Crippen MR) is 293 cm³/mol. The number of nitrogens with one attached hydrogen (secondary N) is 4. The van der Waals surface area contributed by atoms with E-state index in [0.29, 0.717) is 35.1 Å². The van der Waals surface area contributed by atoms with Crippen molar-refractivity contribution >= 4 is 23.6 Å². The first-order valence-corrected chi connectivity index (χ1v) is 27.9. The van der Waals surface area contributed by atoms with Crippen LogP contribution in [-0.2, 0) is 32.1 Å². The summed E-state index contributed by atoms with van der Waals surface area (Å²) in [5.74, 6) is -3.76. The van der Waals surface area contributed by atoms with E-state index < -0.39 is 23.6 Å². The summed E-state index contributed by atoms with van der Waals surface area (Å²) in [6.45, 7) is 8.75. The van der Waals surface area contributed by atoms with E-state index in [-0.39, 0.29) is 51.7 Å². The van der Waals surface area contributed by atoms with E-state index in [0.717, 1.165) is 114 Å². The van der Waals surface area contributed by atoms with Crippen LogP contribution in [-0.4, -0.2) is 44.1 Å². The Morgan fingerprint density at radius 1 is 0.329 bits per heavy atom. The molecule has 0 unspecified atom stereocenters. The molecule has 0 atom stereocenters. The van der Waals surface area contributed by atoms with Gasteiger partial charge in [-0.1, -0.05) is 180 Å². The number of phenols is 4. The molecule has 0 aliphatic heterocycles. The maximum Gasteiger partial charge on any atom is 0.273 e. The topological polar surface area (TPSA) is 197 Å². The van der Waals surface area contributed by atoms with Crippen LogP contribution in [0.3, 0.4) is 0 Å². The normalized spacial score (nSPS) is 11.1. The van der Waals surface area contributed by atoms with E-state index >= 15 is 0 Å². The molecule has 0 spiro atoms. The van der Waals surface area contributed by atoms with Gasteiger partial charge in [-0.2, -0.15) is 0 Å². The highest BCUT2D eigenvalue weighted by Crippen LogP contribution is 2.30. The monoisotopic (exact) mass is 1000 g/mol. The Balaban J connectivity index is 1.42. The molecule has 12 nitrogen and oxygen atoms in total. The Morgan fingerprint density at radius 3 is 0.932 bits per heavy atom. The predicted octanol–water partition coefficient (Wildman–Crippen LogP) is 13.9. The smallest absolute Gasteiger partial charge is 0.273 e. The van der Waals surface area contributed by atoms with Gasteiger partial charge in [0.25, 0.3) is 23.6 Å². The molecule has 0 fully saturated rings. The Bertz CT molecular complexity index is 2180. The van der Waals surface area contributed by atoms with Crippen molar-refractivity contribution in [3.05, 3.63) is 116 Å². The first kappa shape index (κ1) is 59.5. The third-order valence-corrected chi connectivity index (χ3v) is 13.8. The lowest BCUT2D eigenvalue weighted by molar-refractivity contribution is 0.0843. The number of benzene rings is 4. The van der Waals surface area contributed by atoms with Gasteiger partial charge in [0.15, 0.2) is 0 Å². The molecule has 0 saturated heterocycles. The summed E-state index contributed by atoms with van der Waals surface area (Å²) in [6, 6.07) is 16.3. The molecule has 4 aromatic carbocycles. The standard InChI is InChI=1S/C61H88N4O8/c1-5-9-13-17-21-25-29-44-38-48(31-27-23-19-15-11-7-3)56(68)52(42-44)60(72)64-62-58(70)50-40-46(33-35-54(50)66)37-47-34-36-55(67)51(41-47)59(71)63-65-61(73)53-43-45(30-26-22-18-14-10-6-2)39-49(57(53)69)32-28-24-20-16-12-8-4/h33-36,38-43,66-69H,5-32,37H2,1-4H3,(H,62,70)(H,63,71)(H,64,72)(H,65,73). The minimum absolute atomic E-state index is 0.0774. The molecular formula is C61H88N4O8. The molecule has 0 saturated carbocycles. The fraction of sp³-hybridized carbons (Fsp3) is 0.541. The van der Waals surface area contributed by atoms with Crippen molar-refractivity contribution in [1.82, 2.24) is 21.7 Å². The van der Waals surface area contributed by atoms with Crippen LogP contribution >= 0.6 is 0 Å². The molecule has 0 aliphatic rings. The fourth-order valence-electron chi connectivity index (χ4n) is 9.43. The van der Waals surface area contributed by atoms with Gasteiger partial charge in [0, 0.05) is 0 Å². The highest BCUT2D eigenvalue weighted by molar-refractivity contribution is 6.03. The summed E-state index contributed by atoms with van der Waals surface area (Å²) in [4.78, 5) is 54.2. The summed E-state index contributed by atoms with van der Waals surface area (Å²) < 4.78 is 0. The maximum absolute atomic E-state index is 13.6. The van der Waals surface area contributed by atoms with Gasteiger partial charge >= 0.3 is 0 Å². The lowest BCUT2D eigenvalue weighted by Crippen LogP contribution is -2.41. The molecule has 8 N–H and O–H groups in total. The highest BCUT2D eigenvalue weighted by Gasteiger charge is 2.22. The zero-order valence-corrected chi connectivity index (χ0v) is 44.7. The number of rotatable bonds is 34. The minimum Gasteiger partial charge on any atom is -0.507 e. The maximum atomic E-state index is 13.6. The summed E-state index contributed by atoms with van der Waals surface area (Å²) in [5, 5.41) is 44.1. The van der Waals surface area contributed by atoms with Crippen LogP contribution in [0.1, 0.15) is 257 Å². The van der Waals surface area contributed by atoms with Crippen molar-refractivity contribution in [1.29, 1.82) is 0 Å². The van der Waals surface area contributed by atoms with Crippen LogP contribution in [0.25, 0.3) is 0 Å². The number of hydrogen-bond donors (Lipinski definition) is 8. The van der Waals surface area contributed by atoms with Crippen LogP contribution in [0, 0.1) is 0 Å². The first-order valence-electron chi connectivity index (χ1n) is 27.9. The first-order chi connectivity index (χ1) is 35.4. The number of carbonyl (C=O) groups is 4. The fourth-order valence-corrected chi connectivity index (χ4v) is 9.43. The van der Waals surface area contributed by atoms with Gasteiger partial charge in [0.05, 0.1) is 22.3 Å². The van der Waals surface area contributed by atoms with Gasteiger partial charge in [-0.15, -0.1) is 0 Å². The molecule has 12 heteroatoms. The molecule has 0 radical (unpaired) electrons. The second kappa shape index (κ2) is 33.6. The van der Waals surface area contributed by atoms with E-state index in [4.69, 9.17) is 0 Å². The molecule has 4 rings (SSSR count). The van der Waals surface area contributed by atoms with Gasteiger partial charge < -0.3 is 20.4 Å². The van der Waals surface area contributed by atoms with Gasteiger partial charge in [0.2, 0.25) is 0 Å². The lowest BCUT2D eigenvalue weighted by Gasteiger charge is -2.15. The zero-order valence-electron chi connectivity index (χ0n) is 44.7. The second-order valence-corrected chi connectivity index (χ2v) is 20.1. The minimum atomic E-state index is -0.780. The number of aromatic hydroxyl groups is 4. The number of carbonyl (C=O) groups excluding carboxylic acids is 4. The van der Waals surface area contributed by atoms with E-state index in [9.17, 15) is 39.6 Å². The number of aryl methyl sites for hydroxylation is 4. The molecule has 0 heterocycles. The van der Waals surface area contributed by atoms with Crippen LogP contribution < -0.4 is 21.7 Å². The van der Waals surface area contributed by atoms with E-state index in [1.54, 1.807) is 24.3 Å². The SMILES string of the molecule is CCCCCCCCc1cc(CCCCCCCC)c(O)c(C(=O)NNC(=O)c2cc(Cc3ccc(O)c(C(=O)NNC(=O)c4cc(CCCCCCCC)cc(CCCCCCCC)c4O)c3)ccc2O)c1. The molecule has 0 aliphatic carbocycles. The Kier molecular flexibility index (Phi) is 27.4. The average Bonchev–Trinajstić information content (AvgIpc) is 3.38. The van der Waals surface area contributed by atoms with Crippen molar-refractivity contribution in [2.75, 3.05) is 0 Å². The van der Waals surface area contributed by atoms with Crippen molar-refractivity contribution in [2.24, 2.45) is 0 Å². The summed E-state index contributed by atoms with van der Waals surface area (Å²) in [6.07, 6.45) is 29.8. The molecule has 0 aromatic heterocycles. The number of hydrogen-bond acceptors (Lipinski definition) is 8. The third-order valence-electron chi connectivity index (χ3n) is 13.8. The molecule has 4 amide bonds. The highest BCUT2D eigenvalue weighted by atomic mass is 16.3. The van der Waals surface area contributed by atoms with Gasteiger partial charge in [-0.25, -0.2) is 0 Å². The number of amides is 4. The van der Waals surface area contributed by atoms with Crippen LogP contribution in [0.4, 0.5) is 0 Å². The van der Waals surface area contributed by atoms with Crippen LogP contribution in [0.5, 0.6) is 23.0 Å². The van der Waals surface area contributed by atoms with Gasteiger partial charge in [0.1, 0.15) is 23.0 Å². The number of phenolic OH excluding ortho intramolecular Hbond substituents is 4. The molecule has 400 valence electrons. The van der Waals surface area contributed by atoms with Gasteiger partial charge in [-0.05, 0) is 128 Å².